The zero-order valence-corrected chi connectivity index (χ0v) is 14.5. The number of amides is 2. The lowest BCUT2D eigenvalue weighted by Crippen LogP contribution is -2.42. The van der Waals surface area contributed by atoms with Gasteiger partial charge in [0.05, 0.1) is 27.2 Å². The van der Waals surface area contributed by atoms with Gasteiger partial charge >= 0.3 is 0 Å². The topological polar surface area (TPSA) is 65.1 Å². The molecule has 1 aliphatic rings. The maximum atomic E-state index is 12.9. The Labute approximate surface area is 145 Å². The van der Waals surface area contributed by atoms with Crippen molar-refractivity contribution >= 4 is 11.8 Å². The van der Waals surface area contributed by atoms with Crippen LogP contribution >= 0.6 is 0 Å². The molecule has 6 heteroatoms. The van der Waals surface area contributed by atoms with Gasteiger partial charge in [0.1, 0.15) is 5.75 Å². The molecule has 0 aromatic heterocycles. The summed E-state index contributed by atoms with van der Waals surface area (Å²) in [6.45, 7) is 0. The van der Waals surface area contributed by atoms with Crippen LogP contribution in [0.4, 0.5) is 0 Å². The van der Waals surface area contributed by atoms with Crippen molar-refractivity contribution in [2.45, 2.75) is 5.92 Å². The molecule has 1 aliphatic heterocycles. The molecule has 130 valence electrons. The Morgan fingerprint density at radius 2 is 1.56 bits per heavy atom. The van der Waals surface area contributed by atoms with Crippen LogP contribution in [0.1, 0.15) is 27.4 Å². The third-order valence-electron chi connectivity index (χ3n) is 4.43. The second-order valence-corrected chi connectivity index (χ2v) is 5.67. The summed E-state index contributed by atoms with van der Waals surface area (Å²) in [5.74, 6) is 0.239. The first kappa shape index (κ1) is 16.8. The first-order valence-electron chi connectivity index (χ1n) is 7.74. The van der Waals surface area contributed by atoms with Crippen molar-refractivity contribution in [2.75, 3.05) is 28.4 Å². The number of benzene rings is 2. The molecule has 0 spiro atoms. The lowest BCUT2D eigenvalue weighted by atomic mass is 9.83. The van der Waals surface area contributed by atoms with Gasteiger partial charge in [-0.15, -0.1) is 0 Å². The molecule has 2 aromatic rings. The van der Waals surface area contributed by atoms with Gasteiger partial charge in [-0.25, -0.2) is 0 Å². The fourth-order valence-corrected chi connectivity index (χ4v) is 3.13. The maximum absolute atomic E-state index is 12.9. The van der Waals surface area contributed by atoms with E-state index < -0.39 is 5.92 Å². The highest BCUT2D eigenvalue weighted by Crippen LogP contribution is 2.44. The van der Waals surface area contributed by atoms with Gasteiger partial charge in [0.15, 0.2) is 11.5 Å². The van der Waals surface area contributed by atoms with E-state index in [0.29, 0.717) is 28.4 Å². The number of methoxy groups -OCH3 is 3. The fraction of sp³-hybridized carbons (Fsp3) is 0.263. The maximum Gasteiger partial charge on any atom is 0.260 e. The molecule has 2 aromatic carbocycles. The number of rotatable bonds is 4. The molecule has 0 saturated carbocycles. The molecule has 0 saturated heterocycles. The van der Waals surface area contributed by atoms with Gasteiger partial charge in [0.2, 0.25) is 5.91 Å². The minimum atomic E-state index is -0.659. The molecule has 0 N–H and O–H groups in total. The predicted octanol–water partition coefficient (Wildman–Crippen LogP) is 2.46. The number of hydrogen-bond donors (Lipinski definition) is 0. The fourth-order valence-electron chi connectivity index (χ4n) is 3.13. The molecule has 0 bridgehead atoms. The number of fused-ring (bicyclic) bond motifs is 1. The first-order valence-corrected chi connectivity index (χ1v) is 7.74. The number of carbonyl (C=O) groups excluding carboxylic acids is 2. The lowest BCUT2D eigenvalue weighted by molar-refractivity contribution is -0.128. The Morgan fingerprint density at radius 1 is 0.880 bits per heavy atom. The molecule has 0 radical (unpaired) electrons. The number of ether oxygens (including phenoxy) is 3. The smallest absolute Gasteiger partial charge is 0.260 e. The van der Waals surface area contributed by atoms with Gasteiger partial charge in [0, 0.05) is 18.2 Å². The van der Waals surface area contributed by atoms with E-state index in [1.165, 1.54) is 21.3 Å². The molecule has 6 nitrogen and oxygen atoms in total. The summed E-state index contributed by atoms with van der Waals surface area (Å²) in [5, 5.41) is 0. The van der Waals surface area contributed by atoms with Crippen LogP contribution in [-0.2, 0) is 4.79 Å². The molecule has 2 amide bonds. The Bertz CT molecular complexity index is 828. The van der Waals surface area contributed by atoms with Crippen LogP contribution in [0.15, 0.2) is 36.4 Å². The predicted molar refractivity (Wildman–Crippen MR) is 91.5 cm³/mol. The molecular weight excluding hydrogens is 322 g/mol. The first-order chi connectivity index (χ1) is 12.0. The van der Waals surface area contributed by atoms with Gasteiger partial charge in [-0.1, -0.05) is 12.1 Å². The van der Waals surface area contributed by atoms with E-state index in [1.54, 1.807) is 31.4 Å². The lowest BCUT2D eigenvalue weighted by Gasteiger charge is -2.32. The number of likely N-dealkylation sites (N-methyl/N-ethyl adjacent to an activating group) is 1. The highest BCUT2D eigenvalue weighted by atomic mass is 16.5. The van der Waals surface area contributed by atoms with Crippen LogP contribution in [0.3, 0.4) is 0 Å². The summed E-state index contributed by atoms with van der Waals surface area (Å²) in [5.41, 5.74) is 1.71. The summed E-state index contributed by atoms with van der Waals surface area (Å²) >= 11 is 0. The van der Waals surface area contributed by atoms with E-state index in [4.69, 9.17) is 14.2 Å². The third kappa shape index (κ3) is 2.59. The van der Waals surface area contributed by atoms with Crippen LogP contribution in [0, 0.1) is 0 Å². The minimum Gasteiger partial charge on any atom is -0.497 e. The summed E-state index contributed by atoms with van der Waals surface area (Å²) in [6, 6.07) is 10.5. The van der Waals surface area contributed by atoms with E-state index in [1.807, 2.05) is 12.1 Å². The highest BCUT2D eigenvalue weighted by molar-refractivity contribution is 6.13. The quantitative estimate of drug-likeness (QED) is 0.799. The van der Waals surface area contributed by atoms with E-state index >= 15 is 0 Å². The normalized spacial score (nSPS) is 16.5. The van der Waals surface area contributed by atoms with Crippen molar-refractivity contribution in [3.63, 3.8) is 0 Å². The van der Waals surface area contributed by atoms with E-state index in [-0.39, 0.29) is 11.8 Å². The van der Waals surface area contributed by atoms with Crippen molar-refractivity contribution in [3.8, 4) is 17.2 Å². The minimum absolute atomic E-state index is 0.311. The highest BCUT2D eigenvalue weighted by Gasteiger charge is 2.40. The molecule has 0 aliphatic carbocycles. The molecule has 1 atom stereocenters. The second-order valence-electron chi connectivity index (χ2n) is 5.67. The molecule has 1 heterocycles. The molecular formula is C19H19NO5. The Kier molecular flexibility index (Phi) is 4.35. The monoisotopic (exact) mass is 341 g/mol. The van der Waals surface area contributed by atoms with Crippen LogP contribution < -0.4 is 14.2 Å². The van der Waals surface area contributed by atoms with Crippen LogP contribution in [0.25, 0.3) is 0 Å². The molecule has 1 unspecified atom stereocenters. The van der Waals surface area contributed by atoms with Gasteiger partial charge in [-0.05, 0) is 29.8 Å². The van der Waals surface area contributed by atoms with Crippen molar-refractivity contribution < 1.29 is 23.8 Å². The van der Waals surface area contributed by atoms with Crippen molar-refractivity contribution in [1.29, 1.82) is 0 Å². The van der Waals surface area contributed by atoms with Crippen LogP contribution in [0.5, 0.6) is 17.2 Å². The third-order valence-corrected chi connectivity index (χ3v) is 4.43. The second kappa shape index (κ2) is 6.47. The van der Waals surface area contributed by atoms with Gasteiger partial charge < -0.3 is 14.2 Å². The Hall–Kier alpha value is -3.02. The van der Waals surface area contributed by atoms with Gasteiger partial charge in [-0.2, -0.15) is 0 Å². The van der Waals surface area contributed by atoms with Crippen molar-refractivity contribution in [3.05, 3.63) is 53.1 Å². The molecule has 0 fully saturated rings. The summed E-state index contributed by atoms with van der Waals surface area (Å²) in [4.78, 5) is 26.6. The van der Waals surface area contributed by atoms with Crippen LogP contribution in [-0.4, -0.2) is 45.1 Å². The summed E-state index contributed by atoms with van der Waals surface area (Å²) in [7, 11) is 6.08. The standard InChI is InChI=1S/C19H19NO5/c1-20-18(21)13-9-10-14(24-3)17(25-4)16(13)15(19(20)22)11-5-7-12(23-2)8-6-11/h5-10,15H,1-4H3. The summed E-state index contributed by atoms with van der Waals surface area (Å²) < 4.78 is 16.0. The van der Waals surface area contributed by atoms with E-state index in [2.05, 4.69) is 0 Å². The molecule has 3 rings (SSSR count). The number of nitrogens with zero attached hydrogens (tertiary/aromatic N) is 1. The zero-order valence-electron chi connectivity index (χ0n) is 14.5. The Balaban J connectivity index is 2.26. The number of carbonyl (C=O) groups is 2. The SMILES string of the molecule is COc1ccc(C2C(=O)N(C)C(=O)c3ccc(OC)c(OC)c32)cc1. The number of imide groups is 1. The number of hydrogen-bond acceptors (Lipinski definition) is 5. The summed E-state index contributed by atoms with van der Waals surface area (Å²) in [6.07, 6.45) is 0. The zero-order chi connectivity index (χ0) is 18.1. The van der Waals surface area contributed by atoms with E-state index in [0.717, 1.165) is 10.5 Å². The Morgan fingerprint density at radius 3 is 2.12 bits per heavy atom. The largest absolute Gasteiger partial charge is 0.497 e. The van der Waals surface area contributed by atoms with E-state index in [9.17, 15) is 9.59 Å². The average molecular weight is 341 g/mol. The van der Waals surface area contributed by atoms with Gasteiger partial charge in [0.25, 0.3) is 5.91 Å². The van der Waals surface area contributed by atoms with Crippen molar-refractivity contribution in [2.24, 2.45) is 0 Å². The van der Waals surface area contributed by atoms with Crippen molar-refractivity contribution in [1.82, 2.24) is 4.90 Å². The average Bonchev–Trinajstić information content (AvgIpc) is 2.65. The van der Waals surface area contributed by atoms with Gasteiger partial charge in [-0.3, -0.25) is 14.5 Å². The van der Waals surface area contributed by atoms with Crippen LogP contribution in [0.2, 0.25) is 0 Å². The molecule has 25 heavy (non-hydrogen) atoms.